The zero-order valence-corrected chi connectivity index (χ0v) is 26.8. The van der Waals surface area contributed by atoms with E-state index in [2.05, 4.69) is 23.6 Å². The third-order valence-corrected chi connectivity index (χ3v) is 13.3. The molecule has 1 heterocycles. The maximum atomic E-state index is 13.5. The highest BCUT2D eigenvalue weighted by molar-refractivity contribution is 7.57. The van der Waals surface area contributed by atoms with E-state index in [1.54, 1.807) is 0 Å². The molecule has 0 saturated heterocycles. The molecular formula is C28H43N2O5PSi2. The standard InChI is InChI=1S/C28H43N2O5PSi2/c1-8-26-25(20-28(29)31)24-19-23(15-16-27(24)30(26)21-22-13-10-9-11-14-22)33-17-12-18-36(32,34-37(2,3)4)35-38(5,6)7/h9-11,13-16,19H,8,12,17-18,20-21H2,1-7H3,(H2,29,31). The van der Waals surface area contributed by atoms with Crippen molar-refractivity contribution in [2.75, 3.05) is 12.8 Å². The van der Waals surface area contributed by atoms with Gasteiger partial charge in [-0.05, 0) is 81.4 Å². The van der Waals surface area contributed by atoms with Crippen molar-refractivity contribution < 1.29 is 22.5 Å². The Labute approximate surface area is 229 Å². The fourth-order valence-corrected chi connectivity index (χ4v) is 13.1. The number of aromatic nitrogens is 1. The average molecular weight is 575 g/mol. The Morgan fingerprint density at radius 3 is 2.16 bits per heavy atom. The summed E-state index contributed by atoms with van der Waals surface area (Å²) in [4.78, 5) is 12.0. The van der Waals surface area contributed by atoms with Crippen LogP contribution in [0.25, 0.3) is 10.9 Å². The van der Waals surface area contributed by atoms with E-state index < -0.39 is 24.2 Å². The number of carbonyl (C=O) groups excluding carboxylic acids is 1. The lowest BCUT2D eigenvalue weighted by Crippen LogP contribution is -2.30. The molecule has 0 unspecified atom stereocenters. The van der Waals surface area contributed by atoms with E-state index in [4.69, 9.17) is 18.9 Å². The highest BCUT2D eigenvalue weighted by Crippen LogP contribution is 2.53. The molecule has 38 heavy (non-hydrogen) atoms. The highest BCUT2D eigenvalue weighted by atomic mass is 31.2. The van der Waals surface area contributed by atoms with Gasteiger partial charge in [-0.2, -0.15) is 0 Å². The first kappa shape index (κ1) is 30.4. The Kier molecular flexibility index (Phi) is 9.87. The highest BCUT2D eigenvalue weighted by Gasteiger charge is 2.36. The number of nitrogens with zero attached hydrogens (tertiary/aromatic N) is 1. The number of carbonyl (C=O) groups is 1. The normalized spacial score (nSPS) is 12.7. The predicted octanol–water partition coefficient (Wildman–Crippen LogP) is 6.94. The second-order valence-corrected chi connectivity index (χ2v) is 23.2. The maximum absolute atomic E-state index is 13.5. The summed E-state index contributed by atoms with van der Waals surface area (Å²) in [6.07, 6.45) is 1.83. The van der Waals surface area contributed by atoms with Crippen LogP contribution in [0.3, 0.4) is 0 Å². The molecule has 208 valence electrons. The lowest BCUT2D eigenvalue weighted by molar-refractivity contribution is -0.117. The second-order valence-electron chi connectivity index (χ2n) is 11.6. The number of benzene rings is 2. The third-order valence-electron chi connectivity index (χ3n) is 5.80. The van der Waals surface area contributed by atoms with Crippen LogP contribution in [0.15, 0.2) is 48.5 Å². The molecule has 0 spiro atoms. The quantitative estimate of drug-likeness (QED) is 0.128. The first-order chi connectivity index (χ1) is 17.7. The Balaban J connectivity index is 1.82. The van der Waals surface area contributed by atoms with Gasteiger partial charge in [0.15, 0.2) is 16.6 Å². The minimum atomic E-state index is -3.20. The Hall–Kier alpha value is -2.17. The van der Waals surface area contributed by atoms with E-state index in [9.17, 15) is 9.36 Å². The molecule has 0 bridgehead atoms. The van der Waals surface area contributed by atoms with E-state index in [-0.39, 0.29) is 12.3 Å². The minimum Gasteiger partial charge on any atom is -0.494 e. The molecule has 0 fully saturated rings. The summed E-state index contributed by atoms with van der Waals surface area (Å²) in [5.74, 6) is 0.347. The van der Waals surface area contributed by atoms with Crippen LogP contribution in [-0.4, -0.2) is 39.9 Å². The summed E-state index contributed by atoms with van der Waals surface area (Å²) in [5.41, 5.74) is 9.93. The fraction of sp³-hybridized carbons (Fsp3) is 0.464. The first-order valence-electron chi connectivity index (χ1n) is 13.3. The lowest BCUT2D eigenvalue weighted by atomic mass is 10.1. The van der Waals surface area contributed by atoms with Gasteiger partial charge in [-0.1, -0.05) is 37.3 Å². The molecule has 2 aromatic carbocycles. The largest absolute Gasteiger partial charge is 0.494 e. The smallest absolute Gasteiger partial charge is 0.311 e. The molecule has 0 atom stereocenters. The summed E-state index contributed by atoms with van der Waals surface area (Å²) < 4.78 is 34.0. The van der Waals surface area contributed by atoms with Crippen LogP contribution in [0.1, 0.15) is 30.2 Å². The van der Waals surface area contributed by atoms with Gasteiger partial charge in [0.25, 0.3) is 0 Å². The number of ether oxygens (including phenoxy) is 1. The van der Waals surface area contributed by atoms with Gasteiger partial charge in [-0.25, -0.2) is 0 Å². The zero-order chi connectivity index (χ0) is 28.1. The topological polar surface area (TPSA) is 92.8 Å². The molecule has 3 aromatic rings. The van der Waals surface area contributed by atoms with Gasteiger partial charge in [0, 0.05) is 23.1 Å². The number of hydrogen-bond acceptors (Lipinski definition) is 5. The van der Waals surface area contributed by atoms with Crippen molar-refractivity contribution in [3.63, 3.8) is 0 Å². The van der Waals surface area contributed by atoms with Crippen molar-refractivity contribution in [1.82, 2.24) is 4.57 Å². The van der Waals surface area contributed by atoms with Gasteiger partial charge in [0.1, 0.15) is 5.75 Å². The predicted molar refractivity (Wildman–Crippen MR) is 161 cm³/mol. The summed E-state index contributed by atoms with van der Waals surface area (Å²) in [7, 11) is -7.30. The Morgan fingerprint density at radius 1 is 0.974 bits per heavy atom. The molecule has 0 aliphatic rings. The van der Waals surface area contributed by atoms with Gasteiger partial charge in [-0.15, -0.1) is 0 Å². The molecule has 0 radical (unpaired) electrons. The zero-order valence-electron chi connectivity index (χ0n) is 23.9. The van der Waals surface area contributed by atoms with E-state index in [1.807, 2.05) is 75.7 Å². The summed E-state index contributed by atoms with van der Waals surface area (Å²) in [6, 6.07) is 16.3. The van der Waals surface area contributed by atoms with E-state index in [0.717, 1.165) is 28.6 Å². The first-order valence-corrected chi connectivity index (χ1v) is 21.8. The van der Waals surface area contributed by atoms with E-state index in [0.29, 0.717) is 31.5 Å². The Bertz CT molecular complexity index is 1280. The van der Waals surface area contributed by atoms with Gasteiger partial charge in [0.2, 0.25) is 5.91 Å². The van der Waals surface area contributed by atoms with E-state index >= 15 is 0 Å². The number of amides is 1. The van der Waals surface area contributed by atoms with Crippen molar-refractivity contribution in [3.05, 3.63) is 65.4 Å². The molecule has 0 saturated carbocycles. The van der Waals surface area contributed by atoms with Crippen molar-refractivity contribution in [1.29, 1.82) is 0 Å². The molecule has 7 nitrogen and oxygen atoms in total. The second kappa shape index (κ2) is 12.3. The van der Waals surface area contributed by atoms with Crippen LogP contribution in [-0.2, 0) is 37.2 Å². The summed E-state index contributed by atoms with van der Waals surface area (Å²) in [5, 5.41) is 0.976. The molecule has 0 aliphatic heterocycles. The number of hydrogen-bond donors (Lipinski definition) is 1. The van der Waals surface area contributed by atoms with Crippen LogP contribution in [0, 0.1) is 0 Å². The van der Waals surface area contributed by atoms with Crippen LogP contribution in [0.4, 0.5) is 0 Å². The SMILES string of the molecule is CCc1c(CC(N)=O)c2cc(OCCCP(=O)(O[Si](C)(C)C)O[Si](C)(C)C)ccc2n1Cc1ccccc1. The molecule has 3 rings (SSSR count). The summed E-state index contributed by atoms with van der Waals surface area (Å²) in [6.45, 7) is 15.3. The van der Waals surface area contributed by atoms with Crippen molar-refractivity contribution in [2.45, 2.75) is 72.0 Å². The molecule has 2 N–H and O–H groups in total. The van der Waals surface area contributed by atoms with Crippen LogP contribution >= 0.6 is 7.60 Å². The molecule has 10 heteroatoms. The molecule has 0 aliphatic carbocycles. The van der Waals surface area contributed by atoms with Gasteiger partial charge in [0.05, 0.1) is 19.2 Å². The molecule has 1 aromatic heterocycles. The maximum Gasteiger partial charge on any atom is 0.311 e. The number of fused-ring (bicyclic) bond motifs is 1. The third kappa shape index (κ3) is 8.68. The molecule has 1 amide bonds. The van der Waals surface area contributed by atoms with E-state index in [1.165, 1.54) is 5.56 Å². The van der Waals surface area contributed by atoms with Gasteiger partial charge >= 0.3 is 7.60 Å². The van der Waals surface area contributed by atoms with Crippen molar-refractivity contribution in [3.8, 4) is 5.75 Å². The average Bonchev–Trinajstić information content (AvgIpc) is 3.06. The van der Waals surface area contributed by atoms with Gasteiger partial charge in [-0.3, -0.25) is 9.36 Å². The van der Waals surface area contributed by atoms with Crippen molar-refractivity contribution >= 4 is 41.0 Å². The summed E-state index contributed by atoms with van der Waals surface area (Å²) >= 11 is 0. The van der Waals surface area contributed by atoms with Crippen molar-refractivity contribution in [2.24, 2.45) is 5.73 Å². The Morgan fingerprint density at radius 2 is 1.61 bits per heavy atom. The lowest BCUT2D eigenvalue weighted by Gasteiger charge is -2.31. The van der Waals surface area contributed by atoms with Crippen LogP contribution in [0.2, 0.25) is 39.3 Å². The fourth-order valence-electron chi connectivity index (χ4n) is 4.66. The van der Waals surface area contributed by atoms with Gasteiger partial charge < -0.3 is 23.5 Å². The van der Waals surface area contributed by atoms with Crippen LogP contribution < -0.4 is 10.5 Å². The number of rotatable bonds is 14. The van der Waals surface area contributed by atoms with Crippen LogP contribution in [0.5, 0.6) is 5.75 Å². The number of primary amides is 1. The minimum absolute atomic E-state index is 0.177. The number of nitrogens with two attached hydrogens (primary N) is 1. The monoisotopic (exact) mass is 574 g/mol. The molecular weight excluding hydrogens is 531 g/mol.